The Hall–Kier alpha value is -4.24. The van der Waals surface area contributed by atoms with E-state index in [9.17, 15) is 14.9 Å². The zero-order chi connectivity index (χ0) is 25.8. The van der Waals surface area contributed by atoms with Crippen LogP contribution in [-0.4, -0.2) is 34.0 Å². The number of amides is 1. The lowest BCUT2D eigenvalue weighted by atomic mass is 9.99. The van der Waals surface area contributed by atoms with Crippen molar-refractivity contribution in [3.63, 3.8) is 0 Å². The molecule has 1 aliphatic rings. The van der Waals surface area contributed by atoms with Crippen molar-refractivity contribution < 1.29 is 14.5 Å². The quantitative estimate of drug-likeness (QED) is 0.200. The largest absolute Gasteiger partial charge is 0.445 e. The number of fused-ring (bicyclic) bond motifs is 1. The summed E-state index contributed by atoms with van der Waals surface area (Å²) in [6.45, 7) is 1.31. The van der Waals surface area contributed by atoms with Gasteiger partial charge in [-0.3, -0.25) is 10.1 Å². The fourth-order valence-electron chi connectivity index (χ4n) is 4.24. The summed E-state index contributed by atoms with van der Waals surface area (Å²) in [6.07, 6.45) is 3.70. The number of aromatic nitrogens is 1. The van der Waals surface area contributed by atoms with E-state index in [1.54, 1.807) is 4.90 Å². The maximum Gasteiger partial charge on any atom is 0.410 e. The molecule has 0 fully saturated rings. The van der Waals surface area contributed by atoms with E-state index >= 15 is 0 Å². The molecule has 186 valence electrons. The minimum Gasteiger partial charge on any atom is -0.445 e. The third kappa shape index (κ3) is 5.62. The molecule has 2 heterocycles. The Morgan fingerprint density at radius 1 is 1.11 bits per heavy atom. The number of rotatable bonds is 6. The first-order valence-corrected chi connectivity index (χ1v) is 12.5. The summed E-state index contributed by atoms with van der Waals surface area (Å²) in [6, 6.07) is 22.8. The molecular formula is C28H23BrN4O4. The highest BCUT2D eigenvalue weighted by Gasteiger charge is 2.21. The van der Waals surface area contributed by atoms with Crippen molar-refractivity contribution in [1.82, 2.24) is 9.88 Å². The number of carbonyl (C=O) groups excluding carboxylic acids is 1. The lowest BCUT2D eigenvalue weighted by Crippen LogP contribution is -2.35. The molecule has 1 aromatic heterocycles. The topological polar surface area (TPSA) is 97.6 Å². The first-order chi connectivity index (χ1) is 18.0. The molecule has 0 radical (unpaired) electrons. The summed E-state index contributed by atoms with van der Waals surface area (Å²) in [5.74, 6) is 0. The molecule has 8 nitrogen and oxygen atoms in total. The first-order valence-electron chi connectivity index (χ1n) is 11.7. The molecule has 0 spiro atoms. The lowest BCUT2D eigenvalue weighted by molar-refractivity contribution is -0.384. The van der Waals surface area contributed by atoms with Gasteiger partial charge in [-0.25, -0.2) is 9.78 Å². The van der Waals surface area contributed by atoms with Gasteiger partial charge in [-0.1, -0.05) is 64.5 Å². The fourth-order valence-corrected chi connectivity index (χ4v) is 4.60. The van der Waals surface area contributed by atoms with Crippen molar-refractivity contribution in [2.75, 3.05) is 18.4 Å². The predicted molar refractivity (Wildman–Crippen MR) is 147 cm³/mol. The number of benzene rings is 3. The molecule has 0 unspecified atom stereocenters. The van der Waals surface area contributed by atoms with Gasteiger partial charge < -0.3 is 15.0 Å². The highest BCUT2D eigenvalue weighted by Crippen LogP contribution is 2.35. The van der Waals surface area contributed by atoms with Crippen molar-refractivity contribution in [2.45, 2.75) is 13.0 Å². The van der Waals surface area contributed by atoms with E-state index < -0.39 is 4.92 Å². The highest BCUT2D eigenvalue weighted by atomic mass is 79.9. The van der Waals surface area contributed by atoms with Crippen LogP contribution in [0.1, 0.15) is 17.5 Å². The molecule has 4 aromatic rings. The average molecular weight is 559 g/mol. The molecule has 0 saturated carbocycles. The minimum atomic E-state index is -0.437. The van der Waals surface area contributed by atoms with Crippen LogP contribution in [0, 0.1) is 10.1 Å². The van der Waals surface area contributed by atoms with Crippen LogP contribution in [0.3, 0.4) is 0 Å². The summed E-state index contributed by atoms with van der Waals surface area (Å²) in [7, 11) is 0. The molecule has 1 N–H and O–H groups in total. The Labute approximate surface area is 221 Å². The molecule has 9 heteroatoms. The summed E-state index contributed by atoms with van der Waals surface area (Å²) in [5.41, 5.74) is 4.82. The van der Waals surface area contributed by atoms with Gasteiger partial charge in [-0.2, -0.15) is 0 Å². The van der Waals surface area contributed by atoms with Crippen LogP contribution >= 0.6 is 15.9 Å². The lowest BCUT2D eigenvalue weighted by Gasteiger charge is -2.26. The summed E-state index contributed by atoms with van der Waals surface area (Å²) < 4.78 is 6.25. The predicted octanol–water partition coefficient (Wildman–Crippen LogP) is 7.08. The van der Waals surface area contributed by atoms with Gasteiger partial charge in [0, 0.05) is 28.6 Å². The highest BCUT2D eigenvalue weighted by molar-refractivity contribution is 9.10. The molecule has 0 saturated heterocycles. The van der Waals surface area contributed by atoms with Crippen LogP contribution in [0.2, 0.25) is 0 Å². The van der Waals surface area contributed by atoms with Crippen molar-refractivity contribution >= 4 is 55.6 Å². The molecule has 3 aromatic carbocycles. The van der Waals surface area contributed by atoms with Gasteiger partial charge in [0.15, 0.2) is 0 Å². The van der Waals surface area contributed by atoms with Gasteiger partial charge in [0.25, 0.3) is 0 Å². The number of hydrogen-bond donors (Lipinski definition) is 1. The van der Waals surface area contributed by atoms with Crippen LogP contribution in [0.25, 0.3) is 16.5 Å². The number of carbonyl (C=O) groups is 1. The number of nitrogens with one attached hydrogen (secondary N) is 1. The van der Waals surface area contributed by atoms with Gasteiger partial charge in [0.1, 0.15) is 18.5 Å². The van der Waals surface area contributed by atoms with E-state index in [-0.39, 0.29) is 18.4 Å². The summed E-state index contributed by atoms with van der Waals surface area (Å²) >= 11 is 3.44. The number of halogens is 1. The second-order valence-electron chi connectivity index (χ2n) is 8.60. The van der Waals surface area contributed by atoms with E-state index in [0.29, 0.717) is 36.1 Å². The van der Waals surface area contributed by atoms with Crippen LogP contribution in [0.4, 0.5) is 21.9 Å². The van der Waals surface area contributed by atoms with Crippen LogP contribution < -0.4 is 5.32 Å². The first kappa shape index (κ1) is 24.5. The fraction of sp³-hybridized carbons (Fsp3) is 0.143. The van der Waals surface area contributed by atoms with Gasteiger partial charge in [0.05, 0.1) is 10.4 Å². The second kappa shape index (κ2) is 10.8. The monoisotopic (exact) mass is 558 g/mol. The van der Waals surface area contributed by atoms with E-state index in [1.165, 1.54) is 6.20 Å². The van der Waals surface area contributed by atoms with Gasteiger partial charge >= 0.3 is 11.8 Å². The Morgan fingerprint density at radius 2 is 1.89 bits per heavy atom. The maximum atomic E-state index is 12.4. The molecule has 0 aliphatic carbocycles. The van der Waals surface area contributed by atoms with Crippen LogP contribution in [0.5, 0.6) is 0 Å². The van der Waals surface area contributed by atoms with E-state index in [4.69, 9.17) is 4.74 Å². The van der Waals surface area contributed by atoms with Crippen molar-refractivity contribution in [1.29, 1.82) is 0 Å². The number of nitro groups is 1. The number of nitrogens with zero attached hydrogens (tertiary/aromatic N) is 3. The Morgan fingerprint density at radius 3 is 2.59 bits per heavy atom. The van der Waals surface area contributed by atoms with Crippen LogP contribution in [0.15, 0.2) is 89.5 Å². The Kier molecular flexibility index (Phi) is 7.14. The average Bonchev–Trinajstić information content (AvgIpc) is 2.93. The van der Waals surface area contributed by atoms with Crippen molar-refractivity contribution in [2.24, 2.45) is 0 Å². The third-order valence-corrected chi connectivity index (χ3v) is 6.70. The standard InChI is InChI=1S/C28H23BrN4O4/c29-22-8-11-25-24(16-22)27(26(17-30-25)33(35)36)31-23-9-6-20(7-10-23)21-12-14-32(15-13-21)28(34)37-18-19-4-2-1-3-5-19/h1-12,16-17H,13-15,18H2,(H,30,31). The summed E-state index contributed by atoms with van der Waals surface area (Å²) in [5, 5.41) is 15.5. The van der Waals surface area contributed by atoms with Crippen LogP contribution in [-0.2, 0) is 11.3 Å². The van der Waals surface area contributed by atoms with Crippen molar-refractivity contribution in [3.8, 4) is 0 Å². The van der Waals surface area contributed by atoms with E-state index in [0.717, 1.165) is 26.9 Å². The van der Waals surface area contributed by atoms with Crippen molar-refractivity contribution in [3.05, 3.63) is 111 Å². The second-order valence-corrected chi connectivity index (χ2v) is 9.52. The minimum absolute atomic E-state index is 0.0936. The summed E-state index contributed by atoms with van der Waals surface area (Å²) in [4.78, 5) is 29.6. The number of anilines is 2. The van der Waals surface area contributed by atoms with Gasteiger partial charge in [-0.15, -0.1) is 0 Å². The molecule has 1 amide bonds. The smallest absolute Gasteiger partial charge is 0.410 e. The maximum absolute atomic E-state index is 12.4. The molecule has 37 heavy (non-hydrogen) atoms. The zero-order valence-corrected chi connectivity index (χ0v) is 21.3. The Balaban J connectivity index is 1.27. The number of pyridine rings is 1. The normalized spacial score (nSPS) is 13.2. The van der Waals surface area contributed by atoms with E-state index in [1.807, 2.05) is 78.9 Å². The zero-order valence-electron chi connectivity index (χ0n) is 19.8. The third-order valence-electron chi connectivity index (χ3n) is 6.20. The van der Waals surface area contributed by atoms with Gasteiger partial charge in [0.2, 0.25) is 0 Å². The SMILES string of the molecule is O=C(OCc1ccccc1)N1CC=C(c2ccc(Nc3c([N+](=O)[O-])cnc4ccc(Br)cc34)cc2)CC1. The number of ether oxygens (including phenoxy) is 1. The molecular weight excluding hydrogens is 536 g/mol. The molecule has 0 atom stereocenters. The molecule has 0 bridgehead atoms. The Bertz CT molecular complexity index is 1490. The van der Waals surface area contributed by atoms with E-state index in [2.05, 4.69) is 26.2 Å². The molecule has 5 rings (SSSR count). The van der Waals surface area contributed by atoms with Gasteiger partial charge in [-0.05, 0) is 53.5 Å². The number of hydrogen-bond acceptors (Lipinski definition) is 6. The molecule has 1 aliphatic heterocycles.